The number of halogens is 1. The molecule has 1 aliphatic heterocycles. The second kappa shape index (κ2) is 10.3. The Kier molecular flexibility index (Phi) is 7.62. The summed E-state index contributed by atoms with van der Waals surface area (Å²) in [5, 5.41) is 26.3. The van der Waals surface area contributed by atoms with Crippen molar-refractivity contribution in [1.82, 2.24) is 5.32 Å². The maximum absolute atomic E-state index is 13.3. The van der Waals surface area contributed by atoms with Crippen LogP contribution in [-0.4, -0.2) is 46.6 Å². The number of nitrogens with zero attached hydrogens (tertiary/aromatic N) is 2. The lowest BCUT2D eigenvalue weighted by atomic mass is 9.77. The molecule has 0 aliphatic carbocycles. The first-order chi connectivity index (χ1) is 16.2. The minimum absolute atomic E-state index is 0.0694. The zero-order chi connectivity index (χ0) is 25.0. The van der Waals surface area contributed by atoms with Gasteiger partial charge in [0.25, 0.3) is 5.69 Å². The second-order valence-corrected chi connectivity index (χ2v) is 8.44. The fourth-order valence-electron chi connectivity index (χ4n) is 4.26. The third-order valence-electron chi connectivity index (χ3n) is 5.66. The molecule has 1 saturated heterocycles. The molecule has 0 spiro atoms. The average Bonchev–Trinajstić information content (AvgIpc) is 3.18. The van der Waals surface area contributed by atoms with Crippen LogP contribution >= 0.6 is 15.9 Å². The molecular formula is C22H22BrN3O8. The van der Waals surface area contributed by atoms with E-state index in [1.807, 2.05) is 0 Å². The van der Waals surface area contributed by atoms with Crippen LogP contribution in [0.15, 0.2) is 53.0 Å². The van der Waals surface area contributed by atoms with Gasteiger partial charge in [-0.05, 0) is 37.1 Å². The molecule has 1 N–H and O–H groups in total. The van der Waals surface area contributed by atoms with E-state index >= 15 is 0 Å². The number of rotatable bonds is 8. The normalized spacial score (nSPS) is 21.0. The Morgan fingerprint density at radius 3 is 1.88 bits per heavy atom. The summed E-state index contributed by atoms with van der Waals surface area (Å²) in [6.07, 6.45) is 0. The number of carbonyl (C=O) groups excluding carboxylic acids is 2. The van der Waals surface area contributed by atoms with E-state index in [1.54, 1.807) is 38.1 Å². The number of hydrogen-bond donors (Lipinski definition) is 1. The quantitative estimate of drug-likeness (QED) is 0.232. The van der Waals surface area contributed by atoms with Gasteiger partial charge in [-0.15, -0.1) is 0 Å². The number of esters is 2. The molecule has 34 heavy (non-hydrogen) atoms. The van der Waals surface area contributed by atoms with Crippen molar-refractivity contribution in [2.75, 3.05) is 13.2 Å². The van der Waals surface area contributed by atoms with Gasteiger partial charge in [0, 0.05) is 21.5 Å². The van der Waals surface area contributed by atoms with Crippen LogP contribution < -0.4 is 5.32 Å². The SMILES string of the molecule is CCOC(=O)C1(C(=O)OCC)N[C@H](c2ccc([N+](=O)[O-])cc2)[C@H]([N+](=O)[O-])[C@H]1c1ccc(Br)cc1. The molecule has 0 saturated carbocycles. The highest BCUT2D eigenvalue weighted by atomic mass is 79.9. The van der Waals surface area contributed by atoms with Crippen molar-refractivity contribution in [3.8, 4) is 0 Å². The molecule has 0 radical (unpaired) electrons. The van der Waals surface area contributed by atoms with Crippen LogP contribution in [0, 0.1) is 20.2 Å². The summed E-state index contributed by atoms with van der Waals surface area (Å²) >= 11 is 3.31. The van der Waals surface area contributed by atoms with Crippen molar-refractivity contribution in [3.05, 3.63) is 84.4 Å². The molecule has 180 valence electrons. The highest BCUT2D eigenvalue weighted by molar-refractivity contribution is 9.10. The number of benzene rings is 2. The molecule has 1 aliphatic rings. The lowest BCUT2D eigenvalue weighted by Gasteiger charge is -2.30. The summed E-state index contributed by atoms with van der Waals surface area (Å²) < 4.78 is 11.1. The third kappa shape index (κ3) is 4.50. The van der Waals surface area contributed by atoms with Gasteiger partial charge in [-0.1, -0.05) is 40.2 Å². The van der Waals surface area contributed by atoms with Crippen LogP contribution in [0.2, 0.25) is 0 Å². The second-order valence-electron chi connectivity index (χ2n) is 7.52. The molecule has 3 rings (SSSR count). The first-order valence-corrected chi connectivity index (χ1v) is 11.2. The highest BCUT2D eigenvalue weighted by Crippen LogP contribution is 2.47. The van der Waals surface area contributed by atoms with E-state index in [9.17, 15) is 29.8 Å². The Hall–Kier alpha value is -3.38. The molecule has 0 amide bonds. The molecule has 1 fully saturated rings. The number of hydrogen-bond acceptors (Lipinski definition) is 9. The molecule has 1 heterocycles. The van der Waals surface area contributed by atoms with Gasteiger partial charge in [-0.25, -0.2) is 9.59 Å². The molecule has 11 nitrogen and oxygen atoms in total. The number of nitro groups is 2. The van der Waals surface area contributed by atoms with E-state index in [2.05, 4.69) is 21.2 Å². The maximum Gasteiger partial charge on any atom is 0.339 e. The van der Waals surface area contributed by atoms with E-state index in [-0.39, 0.29) is 18.9 Å². The van der Waals surface area contributed by atoms with E-state index in [0.717, 1.165) is 0 Å². The summed E-state index contributed by atoms with van der Waals surface area (Å²) in [7, 11) is 0. The zero-order valence-corrected chi connectivity index (χ0v) is 19.9. The molecule has 2 aromatic rings. The monoisotopic (exact) mass is 535 g/mol. The van der Waals surface area contributed by atoms with Crippen molar-refractivity contribution < 1.29 is 28.9 Å². The Morgan fingerprint density at radius 1 is 0.941 bits per heavy atom. The third-order valence-corrected chi connectivity index (χ3v) is 6.19. The molecule has 2 aromatic carbocycles. The van der Waals surface area contributed by atoms with Gasteiger partial charge in [-0.3, -0.25) is 25.5 Å². The standard InChI is InChI=1S/C22H22BrN3O8/c1-3-33-20(27)22(21(28)34-4-2)17(13-5-9-15(23)10-6-13)19(26(31)32)18(24-22)14-7-11-16(12-8-14)25(29)30/h5-12,17-19,24H,3-4H2,1-2H3/t17-,18-,19-/m1/s1. The fraction of sp³-hybridized carbons (Fsp3) is 0.364. The topological polar surface area (TPSA) is 151 Å². The van der Waals surface area contributed by atoms with E-state index < -0.39 is 45.3 Å². The average molecular weight is 536 g/mol. The smallest absolute Gasteiger partial charge is 0.339 e. The van der Waals surface area contributed by atoms with Crippen molar-refractivity contribution >= 4 is 33.6 Å². The fourth-order valence-corrected chi connectivity index (χ4v) is 4.52. The minimum Gasteiger partial charge on any atom is -0.464 e. The van der Waals surface area contributed by atoms with Gasteiger partial charge in [-0.2, -0.15) is 0 Å². The summed E-state index contributed by atoms with van der Waals surface area (Å²) in [5.41, 5.74) is -1.77. The van der Waals surface area contributed by atoms with Crippen LogP contribution in [0.25, 0.3) is 0 Å². The van der Waals surface area contributed by atoms with Crippen LogP contribution in [0.5, 0.6) is 0 Å². The van der Waals surface area contributed by atoms with Crippen molar-refractivity contribution in [3.63, 3.8) is 0 Å². The van der Waals surface area contributed by atoms with Crippen molar-refractivity contribution in [1.29, 1.82) is 0 Å². The molecular weight excluding hydrogens is 514 g/mol. The predicted octanol–water partition coefficient (Wildman–Crippen LogP) is 3.30. The van der Waals surface area contributed by atoms with Crippen LogP contribution in [0.3, 0.4) is 0 Å². The number of nitrogens with one attached hydrogen (secondary N) is 1. The first-order valence-electron chi connectivity index (χ1n) is 10.4. The molecule has 0 aromatic heterocycles. The molecule has 0 bridgehead atoms. The van der Waals surface area contributed by atoms with Gasteiger partial charge in [0.15, 0.2) is 0 Å². The summed E-state index contributed by atoms with van der Waals surface area (Å²) in [5.74, 6) is -3.30. The summed E-state index contributed by atoms with van der Waals surface area (Å²) in [4.78, 5) is 48.9. The number of carbonyl (C=O) groups is 2. The maximum atomic E-state index is 13.3. The lowest BCUT2D eigenvalue weighted by molar-refractivity contribution is -0.527. The summed E-state index contributed by atoms with van der Waals surface area (Å²) in [6.45, 7) is 2.97. The first kappa shape index (κ1) is 25.2. The Morgan fingerprint density at radius 2 is 1.44 bits per heavy atom. The molecule has 3 atom stereocenters. The number of ether oxygens (including phenoxy) is 2. The molecule has 12 heteroatoms. The van der Waals surface area contributed by atoms with Gasteiger partial charge < -0.3 is 9.47 Å². The largest absolute Gasteiger partial charge is 0.464 e. The van der Waals surface area contributed by atoms with Gasteiger partial charge >= 0.3 is 11.9 Å². The Balaban J connectivity index is 2.26. The van der Waals surface area contributed by atoms with Gasteiger partial charge in [0.1, 0.15) is 6.04 Å². The van der Waals surface area contributed by atoms with Crippen LogP contribution in [0.1, 0.15) is 36.9 Å². The van der Waals surface area contributed by atoms with Crippen LogP contribution in [0.4, 0.5) is 5.69 Å². The number of nitro benzene ring substituents is 1. The van der Waals surface area contributed by atoms with Crippen molar-refractivity contribution in [2.45, 2.75) is 37.4 Å². The Bertz CT molecular complexity index is 1070. The lowest BCUT2D eigenvalue weighted by Crippen LogP contribution is -2.60. The minimum atomic E-state index is -2.22. The van der Waals surface area contributed by atoms with Crippen LogP contribution in [-0.2, 0) is 19.1 Å². The van der Waals surface area contributed by atoms with Gasteiger partial charge in [0.2, 0.25) is 11.6 Å². The molecule has 0 unspecified atom stereocenters. The van der Waals surface area contributed by atoms with E-state index in [0.29, 0.717) is 15.6 Å². The zero-order valence-electron chi connectivity index (χ0n) is 18.3. The number of non-ortho nitro benzene ring substituents is 1. The van der Waals surface area contributed by atoms with Crippen molar-refractivity contribution in [2.24, 2.45) is 0 Å². The van der Waals surface area contributed by atoms with Gasteiger partial charge in [0.05, 0.1) is 24.1 Å². The van der Waals surface area contributed by atoms with E-state index in [1.165, 1.54) is 24.3 Å². The highest BCUT2D eigenvalue weighted by Gasteiger charge is 2.69. The predicted molar refractivity (Wildman–Crippen MR) is 123 cm³/mol. The van der Waals surface area contributed by atoms with E-state index in [4.69, 9.17) is 9.47 Å². The summed E-state index contributed by atoms with van der Waals surface area (Å²) in [6, 6.07) is 8.93. The Labute approximate surface area is 202 Å².